The van der Waals surface area contributed by atoms with Crippen LogP contribution in [0.5, 0.6) is 28.7 Å². The molecule has 2 atom stereocenters. The minimum atomic E-state index is -1.72. The first-order chi connectivity index (χ1) is 10.3. The number of benzene rings is 2. The summed E-state index contributed by atoms with van der Waals surface area (Å²) in [6.07, 6.45) is -1.23. The zero-order valence-corrected chi connectivity index (χ0v) is 11.9. The quantitative estimate of drug-likeness (QED) is 0.405. The van der Waals surface area contributed by atoms with E-state index in [0.717, 1.165) is 6.07 Å². The highest BCUT2D eigenvalue weighted by molar-refractivity contribution is 6.23. The highest BCUT2D eigenvalue weighted by Gasteiger charge is 2.45. The predicted octanol–water partition coefficient (Wildman–Crippen LogP) is 1.90. The summed E-state index contributed by atoms with van der Waals surface area (Å²) < 4.78 is 5.58. The molecule has 5 N–H and O–H groups in total. The molecule has 0 aliphatic carbocycles. The highest BCUT2D eigenvalue weighted by Crippen LogP contribution is 2.47. The number of hydrogen-bond donors (Lipinski definition) is 5. The van der Waals surface area contributed by atoms with Gasteiger partial charge in [-0.3, -0.25) is 0 Å². The maximum atomic E-state index is 10.3. The van der Waals surface area contributed by atoms with Crippen molar-refractivity contribution < 1.29 is 30.3 Å². The van der Waals surface area contributed by atoms with Crippen LogP contribution in [0.1, 0.15) is 11.1 Å². The van der Waals surface area contributed by atoms with Gasteiger partial charge in [0, 0.05) is 29.7 Å². The molecule has 3 rings (SSSR count). The van der Waals surface area contributed by atoms with E-state index in [1.54, 1.807) is 0 Å². The first-order valence-electron chi connectivity index (χ1n) is 6.44. The van der Waals surface area contributed by atoms with Crippen LogP contribution in [-0.2, 0) is 11.5 Å². The maximum Gasteiger partial charge on any atom is 0.234 e. The number of fused-ring (bicyclic) bond motifs is 1. The molecule has 0 radical (unpaired) electrons. The van der Waals surface area contributed by atoms with Gasteiger partial charge in [0.1, 0.15) is 23.4 Å². The number of aliphatic hydroxyl groups excluding tert-OH is 1. The van der Waals surface area contributed by atoms with Crippen LogP contribution in [0.3, 0.4) is 0 Å². The van der Waals surface area contributed by atoms with Gasteiger partial charge in [-0.05, 0) is 18.2 Å². The molecule has 0 amide bonds. The molecule has 7 heteroatoms. The lowest BCUT2D eigenvalue weighted by Gasteiger charge is -2.38. The fraction of sp³-hybridized carbons (Fsp3) is 0.200. The largest absolute Gasteiger partial charge is 0.508 e. The van der Waals surface area contributed by atoms with Crippen LogP contribution in [-0.4, -0.2) is 31.6 Å². The van der Waals surface area contributed by atoms with E-state index in [-0.39, 0.29) is 35.0 Å². The van der Waals surface area contributed by atoms with E-state index in [1.807, 2.05) is 0 Å². The summed E-state index contributed by atoms with van der Waals surface area (Å²) >= 11 is 6.38. The molecule has 6 nitrogen and oxygen atoms in total. The van der Waals surface area contributed by atoms with Crippen LogP contribution in [0.2, 0.25) is 0 Å². The second-order valence-corrected chi connectivity index (χ2v) is 5.67. The summed E-state index contributed by atoms with van der Waals surface area (Å²) in [5, 5.41) is 46.9. The van der Waals surface area contributed by atoms with E-state index in [4.69, 9.17) is 16.3 Å². The Labute approximate surface area is 130 Å². The van der Waals surface area contributed by atoms with Crippen LogP contribution in [0.4, 0.5) is 0 Å². The molecule has 1 aliphatic heterocycles. The second-order valence-electron chi connectivity index (χ2n) is 5.11. The lowest BCUT2D eigenvalue weighted by molar-refractivity contribution is -0.0127. The number of halogens is 1. The summed E-state index contributed by atoms with van der Waals surface area (Å²) in [6, 6.07) is 6.22. The third-order valence-electron chi connectivity index (χ3n) is 3.62. The normalized spacial score (nSPS) is 23.6. The van der Waals surface area contributed by atoms with Crippen molar-refractivity contribution in [2.24, 2.45) is 0 Å². The summed E-state index contributed by atoms with van der Waals surface area (Å²) in [5.74, 6) is -1.02. The maximum absolute atomic E-state index is 10.3. The standard InChI is InChI=1S/C15H13ClO6/c16-15(7-1-2-10(18)12(20)3-7)14(21)6-9-11(19)4-8(17)5-13(9)22-15/h1-5,14,17-21H,6H2. The molecule has 0 spiro atoms. The van der Waals surface area contributed by atoms with Gasteiger partial charge in [0.2, 0.25) is 5.06 Å². The van der Waals surface area contributed by atoms with Crippen molar-refractivity contribution in [2.75, 3.05) is 0 Å². The Kier molecular flexibility index (Phi) is 3.23. The average Bonchev–Trinajstić information content (AvgIpc) is 2.44. The van der Waals surface area contributed by atoms with Gasteiger partial charge in [-0.25, -0.2) is 0 Å². The number of hydrogen-bond acceptors (Lipinski definition) is 6. The van der Waals surface area contributed by atoms with Gasteiger partial charge < -0.3 is 30.3 Å². The number of phenols is 4. The number of alkyl halides is 1. The van der Waals surface area contributed by atoms with Gasteiger partial charge in [-0.2, -0.15) is 0 Å². The van der Waals surface area contributed by atoms with Crippen molar-refractivity contribution in [3.8, 4) is 28.7 Å². The molecular weight excluding hydrogens is 312 g/mol. The monoisotopic (exact) mass is 324 g/mol. The zero-order chi connectivity index (χ0) is 16.1. The molecule has 1 aliphatic rings. The first-order valence-corrected chi connectivity index (χ1v) is 6.82. The van der Waals surface area contributed by atoms with Crippen molar-refractivity contribution in [1.29, 1.82) is 0 Å². The average molecular weight is 325 g/mol. The Morgan fingerprint density at radius 2 is 1.73 bits per heavy atom. The van der Waals surface area contributed by atoms with Crippen molar-refractivity contribution in [3.05, 3.63) is 41.5 Å². The van der Waals surface area contributed by atoms with Gasteiger partial charge >= 0.3 is 0 Å². The Balaban J connectivity index is 2.09. The number of ether oxygens (including phenoxy) is 1. The molecule has 22 heavy (non-hydrogen) atoms. The molecule has 1 heterocycles. The van der Waals surface area contributed by atoms with E-state index in [9.17, 15) is 25.5 Å². The molecule has 2 aromatic rings. The van der Waals surface area contributed by atoms with Crippen LogP contribution in [0.15, 0.2) is 30.3 Å². The molecule has 116 valence electrons. The molecule has 0 aromatic heterocycles. The number of rotatable bonds is 1. The van der Waals surface area contributed by atoms with Gasteiger partial charge in [0.25, 0.3) is 0 Å². The molecule has 0 fully saturated rings. The van der Waals surface area contributed by atoms with Crippen LogP contribution < -0.4 is 4.74 Å². The van der Waals surface area contributed by atoms with Crippen molar-refractivity contribution in [3.63, 3.8) is 0 Å². The van der Waals surface area contributed by atoms with Gasteiger partial charge in [0.15, 0.2) is 11.5 Å². The Morgan fingerprint density at radius 3 is 2.41 bits per heavy atom. The molecular formula is C15H13ClO6. The summed E-state index contributed by atoms with van der Waals surface area (Å²) in [4.78, 5) is 0. The Bertz CT molecular complexity index is 747. The van der Waals surface area contributed by atoms with Gasteiger partial charge in [-0.1, -0.05) is 11.6 Å². The van der Waals surface area contributed by atoms with E-state index in [2.05, 4.69) is 0 Å². The zero-order valence-electron chi connectivity index (χ0n) is 11.2. The van der Waals surface area contributed by atoms with E-state index in [0.29, 0.717) is 5.56 Å². The molecule has 2 aromatic carbocycles. The number of aromatic hydroxyl groups is 4. The lowest BCUT2D eigenvalue weighted by Crippen LogP contribution is -2.44. The predicted molar refractivity (Wildman–Crippen MR) is 77.4 cm³/mol. The molecule has 0 bridgehead atoms. The lowest BCUT2D eigenvalue weighted by atomic mass is 9.93. The summed E-state index contributed by atoms with van der Waals surface area (Å²) in [6.45, 7) is 0. The minimum absolute atomic E-state index is 0.00736. The SMILES string of the molecule is Oc1cc(O)c2c(c1)OC(Cl)(c1ccc(O)c(O)c1)C(O)C2. The van der Waals surface area contributed by atoms with Gasteiger partial charge in [0.05, 0.1) is 0 Å². The fourth-order valence-electron chi connectivity index (χ4n) is 2.45. The Hall–Kier alpha value is -2.31. The van der Waals surface area contributed by atoms with Gasteiger partial charge in [-0.15, -0.1) is 0 Å². The molecule has 0 saturated carbocycles. The van der Waals surface area contributed by atoms with Crippen LogP contribution in [0, 0.1) is 0 Å². The van der Waals surface area contributed by atoms with Crippen molar-refractivity contribution >= 4 is 11.6 Å². The number of aliphatic hydroxyl groups is 1. The van der Waals surface area contributed by atoms with Crippen molar-refractivity contribution in [1.82, 2.24) is 0 Å². The van der Waals surface area contributed by atoms with E-state index in [1.165, 1.54) is 24.3 Å². The van der Waals surface area contributed by atoms with E-state index >= 15 is 0 Å². The van der Waals surface area contributed by atoms with Crippen LogP contribution >= 0.6 is 11.6 Å². The fourth-order valence-corrected chi connectivity index (χ4v) is 2.73. The summed E-state index contributed by atoms with van der Waals surface area (Å²) in [5.41, 5.74) is 0.551. The molecule has 0 saturated heterocycles. The van der Waals surface area contributed by atoms with E-state index < -0.39 is 16.9 Å². The smallest absolute Gasteiger partial charge is 0.234 e. The first kappa shape index (κ1) is 14.6. The molecule has 2 unspecified atom stereocenters. The minimum Gasteiger partial charge on any atom is -0.508 e. The second kappa shape index (κ2) is 4.86. The Morgan fingerprint density at radius 1 is 1.00 bits per heavy atom. The third-order valence-corrected chi connectivity index (χ3v) is 4.17. The van der Waals surface area contributed by atoms with Crippen molar-refractivity contribution in [2.45, 2.75) is 17.6 Å². The highest BCUT2D eigenvalue weighted by atomic mass is 35.5. The number of phenolic OH excluding ortho intramolecular Hbond substituents is 4. The third kappa shape index (κ3) is 2.17. The van der Waals surface area contributed by atoms with Crippen LogP contribution in [0.25, 0.3) is 0 Å². The topological polar surface area (TPSA) is 110 Å². The summed E-state index contributed by atoms with van der Waals surface area (Å²) in [7, 11) is 0.